The molecule has 23 heavy (non-hydrogen) atoms. The fraction of sp³-hybridized carbons (Fsp3) is 0.429. The van der Waals surface area contributed by atoms with E-state index in [0.29, 0.717) is 0 Å². The van der Waals surface area contributed by atoms with E-state index in [1.807, 2.05) is 0 Å². The second-order valence-corrected chi connectivity index (χ2v) is 7.20. The van der Waals surface area contributed by atoms with Crippen molar-refractivity contribution in [2.75, 3.05) is 12.8 Å². The molecule has 2 aromatic carbocycles. The first-order valence-corrected chi connectivity index (χ1v) is 10.0. The molecule has 1 N–H and O–H groups in total. The van der Waals surface area contributed by atoms with Crippen LogP contribution in [0.5, 0.6) is 0 Å². The van der Waals surface area contributed by atoms with Crippen molar-refractivity contribution in [2.24, 2.45) is 0 Å². The van der Waals surface area contributed by atoms with Crippen molar-refractivity contribution in [1.29, 1.82) is 0 Å². The Morgan fingerprint density at radius 2 is 1.48 bits per heavy atom. The SMILES string of the molecule is CSNCCc1ccc(-c2ccc(C3CCCCC3)cc2)cc1. The molecule has 1 aliphatic rings. The van der Waals surface area contributed by atoms with Crippen LogP contribution in [0.1, 0.15) is 49.1 Å². The highest BCUT2D eigenvalue weighted by molar-refractivity contribution is 7.96. The topological polar surface area (TPSA) is 12.0 Å². The minimum absolute atomic E-state index is 0.795. The molecule has 122 valence electrons. The van der Waals surface area contributed by atoms with Gasteiger partial charge in [-0.25, -0.2) is 0 Å². The van der Waals surface area contributed by atoms with Gasteiger partial charge in [0.05, 0.1) is 0 Å². The number of hydrogen-bond acceptors (Lipinski definition) is 2. The Kier molecular flexibility index (Phi) is 6.18. The largest absolute Gasteiger partial charge is 0.264 e. The normalized spacial score (nSPS) is 15.7. The lowest BCUT2D eigenvalue weighted by molar-refractivity contribution is 0.443. The van der Waals surface area contributed by atoms with Gasteiger partial charge in [-0.3, -0.25) is 4.72 Å². The van der Waals surface area contributed by atoms with Crippen LogP contribution in [0.4, 0.5) is 0 Å². The molecule has 0 atom stereocenters. The number of nitrogens with one attached hydrogen (secondary N) is 1. The standard InChI is InChI=1S/C21H27NS/c1-23-22-16-15-17-7-9-19(10-8-17)21-13-11-20(12-14-21)18-5-3-2-4-6-18/h7-14,18,22H,2-6,15-16H2,1H3. The Bertz CT molecular complexity index is 582. The summed E-state index contributed by atoms with van der Waals surface area (Å²) >= 11 is 1.68. The molecule has 0 radical (unpaired) electrons. The maximum Gasteiger partial charge on any atom is 0.00989 e. The van der Waals surface area contributed by atoms with E-state index in [4.69, 9.17) is 0 Å². The smallest absolute Gasteiger partial charge is 0.00989 e. The summed E-state index contributed by atoms with van der Waals surface area (Å²) in [4.78, 5) is 0. The van der Waals surface area contributed by atoms with Gasteiger partial charge in [-0.05, 0) is 53.7 Å². The van der Waals surface area contributed by atoms with E-state index in [1.54, 1.807) is 11.9 Å². The summed E-state index contributed by atoms with van der Waals surface area (Å²) < 4.78 is 3.30. The first kappa shape index (κ1) is 16.6. The highest BCUT2D eigenvalue weighted by atomic mass is 32.2. The van der Waals surface area contributed by atoms with Crippen LogP contribution in [0.2, 0.25) is 0 Å². The fourth-order valence-corrected chi connectivity index (χ4v) is 3.85. The van der Waals surface area contributed by atoms with Crippen LogP contribution in [0.25, 0.3) is 11.1 Å². The van der Waals surface area contributed by atoms with Crippen molar-refractivity contribution < 1.29 is 0 Å². The van der Waals surface area contributed by atoms with Crippen LogP contribution in [0, 0.1) is 0 Å². The zero-order valence-corrected chi connectivity index (χ0v) is 14.9. The molecule has 0 amide bonds. The summed E-state index contributed by atoms with van der Waals surface area (Å²) in [7, 11) is 0. The average Bonchev–Trinajstić information content (AvgIpc) is 2.63. The van der Waals surface area contributed by atoms with E-state index >= 15 is 0 Å². The van der Waals surface area contributed by atoms with Gasteiger partial charge >= 0.3 is 0 Å². The second kappa shape index (κ2) is 8.56. The molecule has 0 unspecified atom stereocenters. The van der Waals surface area contributed by atoms with Crippen molar-refractivity contribution >= 4 is 11.9 Å². The van der Waals surface area contributed by atoms with Crippen LogP contribution < -0.4 is 4.72 Å². The quantitative estimate of drug-likeness (QED) is 0.531. The third kappa shape index (κ3) is 4.62. The highest BCUT2D eigenvalue weighted by Gasteiger charge is 2.15. The van der Waals surface area contributed by atoms with Crippen molar-refractivity contribution in [1.82, 2.24) is 4.72 Å². The molecule has 3 rings (SSSR count). The zero-order chi connectivity index (χ0) is 15.9. The monoisotopic (exact) mass is 325 g/mol. The number of rotatable bonds is 6. The molecule has 1 saturated carbocycles. The van der Waals surface area contributed by atoms with Crippen molar-refractivity contribution in [3.63, 3.8) is 0 Å². The predicted molar refractivity (Wildman–Crippen MR) is 103 cm³/mol. The summed E-state index contributed by atoms with van der Waals surface area (Å²) in [6, 6.07) is 18.3. The Labute approximate surface area is 145 Å². The van der Waals surface area contributed by atoms with E-state index in [9.17, 15) is 0 Å². The van der Waals surface area contributed by atoms with E-state index in [0.717, 1.165) is 18.9 Å². The van der Waals surface area contributed by atoms with Crippen LogP contribution in [-0.2, 0) is 6.42 Å². The Hall–Kier alpha value is -1.25. The minimum Gasteiger partial charge on any atom is -0.264 e. The molecule has 0 saturated heterocycles. The highest BCUT2D eigenvalue weighted by Crippen LogP contribution is 2.33. The van der Waals surface area contributed by atoms with Crippen LogP contribution >= 0.6 is 11.9 Å². The van der Waals surface area contributed by atoms with Gasteiger partial charge in [0.25, 0.3) is 0 Å². The molecule has 0 heterocycles. The molecule has 0 spiro atoms. The summed E-state index contributed by atoms with van der Waals surface area (Å²) in [6.07, 6.45) is 10.1. The predicted octanol–water partition coefficient (Wildman–Crippen LogP) is 5.81. The van der Waals surface area contributed by atoms with Crippen LogP contribution in [-0.4, -0.2) is 12.8 Å². The summed E-state index contributed by atoms with van der Waals surface area (Å²) in [6.45, 7) is 1.02. The summed E-state index contributed by atoms with van der Waals surface area (Å²) in [5, 5.41) is 0. The lowest BCUT2D eigenvalue weighted by Crippen LogP contribution is -2.07. The maximum absolute atomic E-state index is 3.30. The van der Waals surface area contributed by atoms with E-state index < -0.39 is 0 Å². The molecular weight excluding hydrogens is 298 g/mol. The van der Waals surface area contributed by atoms with Gasteiger partial charge in [0.1, 0.15) is 0 Å². The molecule has 1 aliphatic carbocycles. The average molecular weight is 326 g/mol. The van der Waals surface area contributed by atoms with Gasteiger partial charge in [-0.15, -0.1) is 0 Å². The summed E-state index contributed by atoms with van der Waals surface area (Å²) in [5.41, 5.74) is 5.59. The Morgan fingerprint density at radius 3 is 2.09 bits per heavy atom. The molecule has 0 aromatic heterocycles. The molecular formula is C21H27NS. The first-order chi connectivity index (χ1) is 11.4. The van der Waals surface area contributed by atoms with Gasteiger partial charge < -0.3 is 0 Å². The van der Waals surface area contributed by atoms with Crippen molar-refractivity contribution in [3.05, 3.63) is 59.7 Å². The first-order valence-electron chi connectivity index (χ1n) is 8.82. The second-order valence-electron chi connectivity index (χ2n) is 6.50. The third-order valence-corrected chi connectivity index (χ3v) is 5.43. The molecule has 2 heteroatoms. The molecule has 0 aliphatic heterocycles. The van der Waals surface area contributed by atoms with Gasteiger partial charge in [0.2, 0.25) is 0 Å². The van der Waals surface area contributed by atoms with Crippen LogP contribution in [0.3, 0.4) is 0 Å². The molecule has 0 bridgehead atoms. The van der Waals surface area contributed by atoms with Gasteiger partial charge in [-0.1, -0.05) is 79.7 Å². The number of benzene rings is 2. The fourth-order valence-electron chi connectivity index (χ4n) is 3.54. The summed E-state index contributed by atoms with van der Waals surface area (Å²) in [5.74, 6) is 0.795. The van der Waals surface area contributed by atoms with Gasteiger partial charge in [-0.2, -0.15) is 0 Å². The maximum atomic E-state index is 3.30. The van der Waals surface area contributed by atoms with E-state index in [-0.39, 0.29) is 0 Å². The van der Waals surface area contributed by atoms with Crippen molar-refractivity contribution in [3.8, 4) is 11.1 Å². The van der Waals surface area contributed by atoms with E-state index in [1.165, 1.54) is 54.4 Å². The van der Waals surface area contributed by atoms with Crippen molar-refractivity contribution in [2.45, 2.75) is 44.4 Å². The minimum atomic E-state index is 0.795. The lowest BCUT2D eigenvalue weighted by atomic mass is 9.84. The molecule has 1 nitrogen and oxygen atoms in total. The third-order valence-electron chi connectivity index (χ3n) is 4.93. The van der Waals surface area contributed by atoms with E-state index in [2.05, 4.69) is 59.5 Å². The Morgan fingerprint density at radius 1 is 0.870 bits per heavy atom. The van der Waals surface area contributed by atoms with Gasteiger partial charge in [0.15, 0.2) is 0 Å². The van der Waals surface area contributed by atoms with Crippen LogP contribution in [0.15, 0.2) is 48.5 Å². The zero-order valence-electron chi connectivity index (χ0n) is 14.1. The number of hydrogen-bond donors (Lipinski definition) is 1. The molecule has 2 aromatic rings. The lowest BCUT2D eigenvalue weighted by Gasteiger charge is -2.22. The van der Waals surface area contributed by atoms with Gasteiger partial charge in [0, 0.05) is 6.54 Å². The molecule has 1 fully saturated rings. The Balaban J connectivity index is 1.64.